The number of ether oxygens (including phenoxy) is 1. The summed E-state index contributed by atoms with van der Waals surface area (Å²) in [4.78, 5) is 16.5. The summed E-state index contributed by atoms with van der Waals surface area (Å²) in [5.74, 6) is 0.860. The summed E-state index contributed by atoms with van der Waals surface area (Å²) in [7, 11) is 0. The molecule has 1 heterocycles. The average Bonchev–Trinajstić information content (AvgIpc) is 2.63. The Bertz CT molecular complexity index is 798. The highest BCUT2D eigenvalue weighted by Gasteiger charge is 2.07. The molecular formula is C20H20N2O2. The summed E-state index contributed by atoms with van der Waals surface area (Å²) in [5.41, 5.74) is 1.84. The number of nitrogens with one attached hydrogen (secondary N) is 1. The second-order valence-corrected chi connectivity index (χ2v) is 5.53. The number of aromatic nitrogens is 1. The molecule has 122 valence electrons. The van der Waals surface area contributed by atoms with Gasteiger partial charge in [-0.15, -0.1) is 0 Å². The smallest absolute Gasteiger partial charge is 0.224 e. The topological polar surface area (TPSA) is 51.2 Å². The van der Waals surface area contributed by atoms with Gasteiger partial charge in [-0.1, -0.05) is 42.5 Å². The van der Waals surface area contributed by atoms with Gasteiger partial charge >= 0.3 is 0 Å². The lowest BCUT2D eigenvalue weighted by molar-refractivity contribution is -0.120. The van der Waals surface area contributed by atoms with Gasteiger partial charge in [-0.25, -0.2) is 0 Å². The average molecular weight is 320 g/mol. The highest BCUT2D eigenvalue weighted by molar-refractivity contribution is 5.87. The van der Waals surface area contributed by atoms with Crippen LogP contribution in [0.15, 0.2) is 66.9 Å². The molecule has 0 radical (unpaired) electrons. The van der Waals surface area contributed by atoms with Crippen molar-refractivity contribution in [3.05, 3.63) is 72.4 Å². The minimum Gasteiger partial charge on any atom is -0.494 e. The van der Waals surface area contributed by atoms with Gasteiger partial charge in [-0.2, -0.15) is 0 Å². The van der Waals surface area contributed by atoms with Crippen LogP contribution in [0.4, 0.5) is 0 Å². The molecule has 0 saturated carbocycles. The van der Waals surface area contributed by atoms with E-state index in [-0.39, 0.29) is 5.91 Å². The van der Waals surface area contributed by atoms with Gasteiger partial charge in [-0.3, -0.25) is 9.78 Å². The van der Waals surface area contributed by atoms with E-state index in [0.717, 1.165) is 28.6 Å². The van der Waals surface area contributed by atoms with Gasteiger partial charge in [0, 0.05) is 18.1 Å². The van der Waals surface area contributed by atoms with Crippen LogP contribution in [0.25, 0.3) is 10.9 Å². The zero-order chi connectivity index (χ0) is 16.6. The summed E-state index contributed by atoms with van der Waals surface area (Å²) < 4.78 is 5.60. The van der Waals surface area contributed by atoms with Crippen molar-refractivity contribution in [2.75, 3.05) is 13.2 Å². The SMILES string of the molecule is O=C(Cc1cccc2cccnc12)NCCCOc1ccccc1. The molecule has 0 aliphatic rings. The van der Waals surface area contributed by atoms with E-state index in [0.29, 0.717) is 19.6 Å². The van der Waals surface area contributed by atoms with E-state index in [2.05, 4.69) is 10.3 Å². The molecule has 0 aliphatic heterocycles. The van der Waals surface area contributed by atoms with Crippen LogP contribution in [0.1, 0.15) is 12.0 Å². The Morgan fingerprint density at radius 1 is 1.00 bits per heavy atom. The van der Waals surface area contributed by atoms with Crippen molar-refractivity contribution in [3.63, 3.8) is 0 Å². The van der Waals surface area contributed by atoms with Gasteiger partial charge in [0.2, 0.25) is 5.91 Å². The predicted octanol–water partition coefficient (Wildman–Crippen LogP) is 3.36. The molecule has 1 aromatic heterocycles. The molecule has 0 bridgehead atoms. The molecule has 0 atom stereocenters. The van der Waals surface area contributed by atoms with Gasteiger partial charge in [0.25, 0.3) is 0 Å². The molecule has 0 spiro atoms. The Balaban J connectivity index is 1.44. The maximum absolute atomic E-state index is 12.1. The first-order valence-corrected chi connectivity index (χ1v) is 8.10. The third kappa shape index (κ3) is 4.32. The molecule has 0 aliphatic carbocycles. The lowest BCUT2D eigenvalue weighted by Crippen LogP contribution is -2.27. The Hall–Kier alpha value is -2.88. The van der Waals surface area contributed by atoms with Gasteiger partial charge in [-0.05, 0) is 30.2 Å². The molecule has 1 N–H and O–H groups in total. The van der Waals surface area contributed by atoms with Crippen molar-refractivity contribution < 1.29 is 9.53 Å². The van der Waals surface area contributed by atoms with Crippen molar-refractivity contribution in [2.45, 2.75) is 12.8 Å². The molecule has 24 heavy (non-hydrogen) atoms. The fourth-order valence-corrected chi connectivity index (χ4v) is 2.55. The monoisotopic (exact) mass is 320 g/mol. The fourth-order valence-electron chi connectivity index (χ4n) is 2.55. The van der Waals surface area contributed by atoms with Crippen LogP contribution < -0.4 is 10.1 Å². The Morgan fingerprint density at radius 2 is 1.83 bits per heavy atom. The molecule has 4 heteroatoms. The van der Waals surface area contributed by atoms with Crippen LogP contribution in [0.3, 0.4) is 0 Å². The molecule has 0 fully saturated rings. The first-order valence-electron chi connectivity index (χ1n) is 8.10. The van der Waals surface area contributed by atoms with Gasteiger partial charge in [0.05, 0.1) is 18.5 Å². The molecule has 3 aromatic rings. The fraction of sp³-hybridized carbons (Fsp3) is 0.200. The lowest BCUT2D eigenvalue weighted by Gasteiger charge is -2.08. The van der Waals surface area contributed by atoms with E-state index in [1.165, 1.54) is 0 Å². The van der Waals surface area contributed by atoms with E-state index in [9.17, 15) is 4.79 Å². The standard InChI is InChI=1S/C20H20N2O2/c23-19(21-13-6-14-24-18-10-2-1-3-11-18)15-17-8-4-7-16-9-5-12-22-20(16)17/h1-5,7-12H,6,13-15H2,(H,21,23). The van der Waals surface area contributed by atoms with Gasteiger partial charge < -0.3 is 10.1 Å². The third-order valence-corrected chi connectivity index (χ3v) is 3.72. The zero-order valence-electron chi connectivity index (χ0n) is 13.4. The second-order valence-electron chi connectivity index (χ2n) is 5.53. The van der Waals surface area contributed by atoms with E-state index < -0.39 is 0 Å². The maximum atomic E-state index is 12.1. The van der Waals surface area contributed by atoms with Crippen molar-refractivity contribution in [1.29, 1.82) is 0 Å². The lowest BCUT2D eigenvalue weighted by atomic mass is 10.1. The summed E-state index contributed by atoms with van der Waals surface area (Å²) in [5, 5.41) is 3.99. The Labute approximate surface area is 141 Å². The number of hydrogen-bond donors (Lipinski definition) is 1. The second kappa shape index (κ2) is 8.11. The largest absolute Gasteiger partial charge is 0.494 e. The number of pyridine rings is 1. The number of carbonyl (C=O) groups is 1. The van der Waals surface area contributed by atoms with E-state index in [1.54, 1.807) is 6.20 Å². The quantitative estimate of drug-likeness (QED) is 0.679. The Kier molecular flexibility index (Phi) is 5.40. The molecule has 0 unspecified atom stereocenters. The third-order valence-electron chi connectivity index (χ3n) is 3.72. The van der Waals surface area contributed by atoms with Crippen LogP contribution in [0.2, 0.25) is 0 Å². The molecule has 4 nitrogen and oxygen atoms in total. The molecule has 2 aromatic carbocycles. The highest BCUT2D eigenvalue weighted by atomic mass is 16.5. The zero-order valence-corrected chi connectivity index (χ0v) is 13.4. The number of benzene rings is 2. The van der Waals surface area contributed by atoms with Crippen LogP contribution >= 0.6 is 0 Å². The van der Waals surface area contributed by atoms with Crippen LogP contribution in [-0.2, 0) is 11.2 Å². The summed E-state index contributed by atoms with van der Waals surface area (Å²) in [6.45, 7) is 1.18. The maximum Gasteiger partial charge on any atom is 0.224 e. The normalized spacial score (nSPS) is 10.5. The summed E-state index contributed by atoms with van der Waals surface area (Å²) >= 11 is 0. The number of amides is 1. The first kappa shape index (κ1) is 16.0. The number of fused-ring (bicyclic) bond motifs is 1. The Morgan fingerprint density at radius 3 is 2.71 bits per heavy atom. The van der Waals surface area contributed by atoms with Crippen LogP contribution in [0.5, 0.6) is 5.75 Å². The van der Waals surface area contributed by atoms with E-state index in [1.807, 2.05) is 60.7 Å². The first-order chi connectivity index (χ1) is 11.8. The highest BCUT2D eigenvalue weighted by Crippen LogP contribution is 2.16. The molecular weight excluding hydrogens is 300 g/mol. The van der Waals surface area contributed by atoms with Gasteiger partial charge in [0.1, 0.15) is 5.75 Å². The van der Waals surface area contributed by atoms with Crippen molar-refractivity contribution in [1.82, 2.24) is 10.3 Å². The van der Waals surface area contributed by atoms with Crippen LogP contribution in [0, 0.1) is 0 Å². The minimum atomic E-state index is 0.00728. The van der Waals surface area contributed by atoms with E-state index in [4.69, 9.17) is 4.74 Å². The number of para-hydroxylation sites is 2. The van der Waals surface area contributed by atoms with Crippen molar-refractivity contribution in [2.24, 2.45) is 0 Å². The minimum absolute atomic E-state index is 0.00728. The van der Waals surface area contributed by atoms with E-state index >= 15 is 0 Å². The summed E-state index contributed by atoms with van der Waals surface area (Å²) in [6.07, 6.45) is 2.87. The predicted molar refractivity (Wildman–Crippen MR) is 95.0 cm³/mol. The molecule has 3 rings (SSSR count). The van der Waals surface area contributed by atoms with Crippen molar-refractivity contribution in [3.8, 4) is 5.75 Å². The number of hydrogen-bond acceptors (Lipinski definition) is 3. The summed E-state index contributed by atoms with van der Waals surface area (Å²) in [6, 6.07) is 19.5. The number of nitrogens with zero attached hydrogens (tertiary/aromatic N) is 1. The molecule has 1 amide bonds. The van der Waals surface area contributed by atoms with Crippen molar-refractivity contribution >= 4 is 16.8 Å². The van der Waals surface area contributed by atoms with Gasteiger partial charge in [0.15, 0.2) is 0 Å². The molecule has 0 saturated heterocycles. The number of rotatable bonds is 7. The van der Waals surface area contributed by atoms with Crippen LogP contribution in [-0.4, -0.2) is 24.0 Å². The number of carbonyl (C=O) groups excluding carboxylic acids is 1.